The zero-order valence-electron chi connectivity index (χ0n) is 9.10. The summed E-state index contributed by atoms with van der Waals surface area (Å²) < 4.78 is 0. The van der Waals surface area contributed by atoms with Crippen LogP contribution in [0.15, 0.2) is 0 Å². The van der Waals surface area contributed by atoms with Gasteiger partial charge in [-0.1, -0.05) is 19.8 Å². The van der Waals surface area contributed by atoms with Gasteiger partial charge < -0.3 is 10.2 Å². The Kier molecular flexibility index (Phi) is 7.45. The monoisotopic (exact) mass is 186 g/mol. The van der Waals surface area contributed by atoms with Crippen LogP contribution in [-0.4, -0.2) is 30.6 Å². The number of carbonyl (C=O) groups is 1. The van der Waals surface area contributed by atoms with Crippen LogP contribution in [0.25, 0.3) is 0 Å². The molecular weight excluding hydrogens is 164 g/mol. The third-order valence-electron chi connectivity index (χ3n) is 2.11. The summed E-state index contributed by atoms with van der Waals surface area (Å²) in [5.41, 5.74) is 0. The molecule has 0 radical (unpaired) electrons. The van der Waals surface area contributed by atoms with Crippen molar-refractivity contribution in [1.82, 2.24) is 10.2 Å². The molecule has 0 aliphatic heterocycles. The predicted molar refractivity (Wildman–Crippen MR) is 55.8 cm³/mol. The van der Waals surface area contributed by atoms with Crippen LogP contribution in [0.2, 0.25) is 0 Å². The normalized spacial score (nSPS) is 9.77. The molecule has 0 spiro atoms. The lowest BCUT2D eigenvalue weighted by molar-refractivity contribution is 0.203. The van der Waals surface area contributed by atoms with Crippen LogP contribution >= 0.6 is 0 Å². The van der Waals surface area contributed by atoms with Crippen LogP contribution in [0, 0.1) is 0 Å². The quantitative estimate of drug-likeness (QED) is 0.634. The van der Waals surface area contributed by atoms with Crippen molar-refractivity contribution in [3.63, 3.8) is 0 Å². The van der Waals surface area contributed by atoms with E-state index in [-0.39, 0.29) is 6.03 Å². The third-order valence-corrected chi connectivity index (χ3v) is 2.11. The summed E-state index contributed by atoms with van der Waals surface area (Å²) >= 11 is 0. The first-order chi connectivity index (χ1) is 6.26. The maximum Gasteiger partial charge on any atom is 0.317 e. The van der Waals surface area contributed by atoms with Crippen molar-refractivity contribution in [1.29, 1.82) is 0 Å². The number of rotatable bonds is 6. The van der Waals surface area contributed by atoms with E-state index in [0.29, 0.717) is 0 Å². The molecule has 1 N–H and O–H groups in total. The Bertz CT molecular complexity index is 133. The Morgan fingerprint density at radius 1 is 1.15 bits per heavy atom. The van der Waals surface area contributed by atoms with Crippen molar-refractivity contribution in [2.24, 2.45) is 0 Å². The molecule has 0 rings (SSSR count). The number of amides is 2. The van der Waals surface area contributed by atoms with Gasteiger partial charge in [-0.15, -0.1) is 0 Å². The van der Waals surface area contributed by atoms with Crippen LogP contribution in [0.5, 0.6) is 0 Å². The molecule has 0 bridgehead atoms. The lowest BCUT2D eigenvalue weighted by atomic mass is 10.2. The van der Waals surface area contributed by atoms with Crippen molar-refractivity contribution in [3.05, 3.63) is 0 Å². The Hall–Kier alpha value is -0.730. The van der Waals surface area contributed by atoms with E-state index in [2.05, 4.69) is 12.2 Å². The van der Waals surface area contributed by atoms with Crippen LogP contribution in [0.3, 0.4) is 0 Å². The second-order valence-corrected chi connectivity index (χ2v) is 3.11. The molecule has 0 aromatic rings. The average molecular weight is 186 g/mol. The van der Waals surface area contributed by atoms with Gasteiger partial charge in [-0.2, -0.15) is 0 Å². The number of nitrogens with one attached hydrogen (secondary N) is 1. The van der Waals surface area contributed by atoms with Gasteiger partial charge in [0.25, 0.3) is 0 Å². The smallest absolute Gasteiger partial charge is 0.317 e. The van der Waals surface area contributed by atoms with Crippen LogP contribution in [0.1, 0.15) is 40.0 Å². The van der Waals surface area contributed by atoms with Gasteiger partial charge in [-0.3, -0.25) is 0 Å². The molecule has 13 heavy (non-hydrogen) atoms. The Morgan fingerprint density at radius 3 is 2.23 bits per heavy atom. The number of carbonyl (C=O) groups excluding carboxylic acids is 1. The highest BCUT2D eigenvalue weighted by atomic mass is 16.2. The Labute approximate surface area is 81.5 Å². The first-order valence-corrected chi connectivity index (χ1v) is 5.29. The summed E-state index contributed by atoms with van der Waals surface area (Å²) in [7, 11) is 0. The lowest BCUT2D eigenvalue weighted by Crippen LogP contribution is -2.40. The third kappa shape index (κ3) is 5.50. The van der Waals surface area contributed by atoms with Crippen LogP contribution in [-0.2, 0) is 0 Å². The van der Waals surface area contributed by atoms with Gasteiger partial charge in [-0.05, 0) is 20.3 Å². The largest absolute Gasteiger partial charge is 0.338 e. The van der Waals surface area contributed by atoms with Crippen molar-refractivity contribution in [2.45, 2.75) is 40.0 Å². The molecule has 0 atom stereocenters. The fourth-order valence-corrected chi connectivity index (χ4v) is 1.19. The number of hydrogen-bond acceptors (Lipinski definition) is 1. The molecule has 0 heterocycles. The lowest BCUT2D eigenvalue weighted by Gasteiger charge is -2.18. The standard InChI is InChI=1S/C10H22N2O/c1-4-7-8-9-11-10(13)12(5-2)6-3/h4-9H2,1-3H3,(H,11,13). The van der Waals surface area contributed by atoms with Crippen LogP contribution < -0.4 is 5.32 Å². The van der Waals surface area contributed by atoms with E-state index < -0.39 is 0 Å². The van der Waals surface area contributed by atoms with Crippen molar-refractivity contribution in [2.75, 3.05) is 19.6 Å². The second kappa shape index (κ2) is 7.90. The summed E-state index contributed by atoms with van der Waals surface area (Å²) in [6.45, 7) is 8.53. The zero-order chi connectivity index (χ0) is 10.1. The molecule has 0 aromatic carbocycles. The summed E-state index contributed by atoms with van der Waals surface area (Å²) in [6, 6.07) is 0.0705. The molecular formula is C10H22N2O. The topological polar surface area (TPSA) is 32.3 Å². The minimum absolute atomic E-state index is 0.0705. The molecule has 2 amide bonds. The number of unbranched alkanes of at least 4 members (excludes halogenated alkanes) is 2. The molecule has 3 heteroatoms. The maximum atomic E-state index is 11.4. The van der Waals surface area contributed by atoms with E-state index in [0.717, 1.165) is 26.1 Å². The Morgan fingerprint density at radius 2 is 1.77 bits per heavy atom. The second-order valence-electron chi connectivity index (χ2n) is 3.11. The molecule has 78 valence electrons. The molecule has 0 fully saturated rings. The minimum atomic E-state index is 0.0705. The highest BCUT2D eigenvalue weighted by Gasteiger charge is 2.06. The fourth-order valence-electron chi connectivity index (χ4n) is 1.19. The number of nitrogens with zero attached hydrogens (tertiary/aromatic N) is 1. The highest BCUT2D eigenvalue weighted by Crippen LogP contribution is 1.93. The van der Waals surface area contributed by atoms with Gasteiger partial charge in [0.05, 0.1) is 0 Å². The average Bonchev–Trinajstić information content (AvgIpc) is 2.14. The van der Waals surface area contributed by atoms with Gasteiger partial charge in [0.1, 0.15) is 0 Å². The van der Waals surface area contributed by atoms with E-state index in [1.54, 1.807) is 4.90 Å². The summed E-state index contributed by atoms with van der Waals surface area (Å²) in [6.07, 6.45) is 3.48. The van der Waals surface area contributed by atoms with Crippen molar-refractivity contribution < 1.29 is 4.79 Å². The zero-order valence-corrected chi connectivity index (χ0v) is 9.10. The maximum absolute atomic E-state index is 11.4. The Balaban J connectivity index is 3.48. The van der Waals surface area contributed by atoms with Gasteiger partial charge in [0.15, 0.2) is 0 Å². The molecule has 0 aliphatic rings. The fraction of sp³-hybridized carbons (Fsp3) is 0.900. The van der Waals surface area contributed by atoms with Gasteiger partial charge in [-0.25, -0.2) is 4.79 Å². The van der Waals surface area contributed by atoms with Gasteiger partial charge >= 0.3 is 6.03 Å². The number of hydrogen-bond donors (Lipinski definition) is 1. The predicted octanol–water partition coefficient (Wildman–Crippen LogP) is 2.23. The summed E-state index contributed by atoms with van der Waals surface area (Å²) in [5.74, 6) is 0. The summed E-state index contributed by atoms with van der Waals surface area (Å²) in [5, 5.41) is 2.91. The molecule has 0 aliphatic carbocycles. The highest BCUT2D eigenvalue weighted by molar-refractivity contribution is 5.73. The molecule has 3 nitrogen and oxygen atoms in total. The molecule has 0 saturated heterocycles. The van der Waals surface area contributed by atoms with Crippen molar-refractivity contribution >= 4 is 6.03 Å². The van der Waals surface area contributed by atoms with E-state index in [1.807, 2.05) is 13.8 Å². The van der Waals surface area contributed by atoms with E-state index >= 15 is 0 Å². The SMILES string of the molecule is CCCCCNC(=O)N(CC)CC. The van der Waals surface area contributed by atoms with E-state index in [1.165, 1.54) is 12.8 Å². The van der Waals surface area contributed by atoms with Gasteiger partial charge in [0.2, 0.25) is 0 Å². The first kappa shape index (κ1) is 12.3. The number of urea groups is 1. The van der Waals surface area contributed by atoms with E-state index in [4.69, 9.17) is 0 Å². The summed E-state index contributed by atoms with van der Waals surface area (Å²) in [4.78, 5) is 13.2. The molecule has 0 unspecified atom stereocenters. The molecule has 0 aromatic heterocycles. The van der Waals surface area contributed by atoms with Gasteiger partial charge in [0, 0.05) is 19.6 Å². The molecule has 0 saturated carbocycles. The minimum Gasteiger partial charge on any atom is -0.338 e. The van der Waals surface area contributed by atoms with Crippen molar-refractivity contribution in [3.8, 4) is 0 Å². The van der Waals surface area contributed by atoms with Crippen LogP contribution in [0.4, 0.5) is 4.79 Å². The van der Waals surface area contributed by atoms with E-state index in [9.17, 15) is 4.79 Å². The first-order valence-electron chi connectivity index (χ1n) is 5.29.